The zero-order valence-electron chi connectivity index (χ0n) is 13.9. The van der Waals surface area contributed by atoms with Crippen LogP contribution in [0.1, 0.15) is 23.4 Å². The Balaban J connectivity index is 1.44. The van der Waals surface area contributed by atoms with Crippen LogP contribution in [0.5, 0.6) is 11.5 Å². The van der Waals surface area contributed by atoms with Crippen LogP contribution in [0.25, 0.3) is 0 Å². The largest absolute Gasteiger partial charge is 0.485 e. The van der Waals surface area contributed by atoms with E-state index in [9.17, 15) is 13.2 Å². The maximum absolute atomic E-state index is 13.0. The molecular formula is C18H14F3N3O3. The number of halogens is 3. The highest BCUT2D eigenvalue weighted by molar-refractivity contribution is 5.52. The highest BCUT2D eigenvalue weighted by atomic mass is 19.4. The molecule has 0 radical (unpaired) electrons. The van der Waals surface area contributed by atoms with Crippen molar-refractivity contribution >= 4 is 5.69 Å². The van der Waals surface area contributed by atoms with Crippen LogP contribution in [-0.2, 0) is 12.7 Å². The summed E-state index contributed by atoms with van der Waals surface area (Å²) in [7, 11) is 0. The van der Waals surface area contributed by atoms with E-state index < -0.39 is 17.8 Å². The van der Waals surface area contributed by atoms with Crippen molar-refractivity contribution in [2.24, 2.45) is 0 Å². The summed E-state index contributed by atoms with van der Waals surface area (Å²) in [6.07, 6.45) is -5.03. The van der Waals surface area contributed by atoms with Gasteiger partial charge < -0.3 is 19.3 Å². The number of para-hydroxylation sites is 3. The fourth-order valence-corrected chi connectivity index (χ4v) is 2.67. The van der Waals surface area contributed by atoms with Gasteiger partial charge in [0.15, 0.2) is 17.3 Å². The molecule has 0 fully saturated rings. The van der Waals surface area contributed by atoms with Gasteiger partial charge in [0.25, 0.3) is 5.89 Å². The van der Waals surface area contributed by atoms with Crippen LogP contribution in [0.15, 0.2) is 53.1 Å². The normalized spacial score (nSPS) is 16.2. The molecule has 0 amide bonds. The van der Waals surface area contributed by atoms with Crippen molar-refractivity contribution in [2.75, 3.05) is 11.9 Å². The number of aromatic nitrogens is 2. The minimum atomic E-state index is -4.45. The van der Waals surface area contributed by atoms with Gasteiger partial charge in [0.05, 0.1) is 12.1 Å². The summed E-state index contributed by atoms with van der Waals surface area (Å²) in [5, 5.41) is 6.48. The van der Waals surface area contributed by atoms with Crippen molar-refractivity contribution in [3.63, 3.8) is 0 Å². The number of nitrogens with zero attached hydrogens (tertiary/aromatic N) is 2. The van der Waals surface area contributed by atoms with Crippen LogP contribution >= 0.6 is 0 Å². The van der Waals surface area contributed by atoms with Gasteiger partial charge in [-0.15, -0.1) is 0 Å². The van der Waals surface area contributed by atoms with Crippen LogP contribution in [0.4, 0.5) is 18.9 Å². The van der Waals surface area contributed by atoms with E-state index in [0.29, 0.717) is 11.5 Å². The summed E-state index contributed by atoms with van der Waals surface area (Å²) >= 11 is 0. The third kappa shape index (κ3) is 3.67. The third-order valence-corrected chi connectivity index (χ3v) is 3.94. The maximum Gasteiger partial charge on any atom is 0.418 e. The summed E-state index contributed by atoms with van der Waals surface area (Å²) in [6, 6.07) is 12.4. The van der Waals surface area contributed by atoms with Crippen LogP contribution in [0, 0.1) is 0 Å². The van der Waals surface area contributed by atoms with Crippen LogP contribution in [-0.4, -0.2) is 16.7 Å². The van der Waals surface area contributed by atoms with Gasteiger partial charge in [-0.1, -0.05) is 29.4 Å². The smallest absolute Gasteiger partial charge is 0.418 e. The number of fused-ring (bicyclic) bond motifs is 1. The molecule has 1 N–H and O–H groups in total. The second-order valence-corrected chi connectivity index (χ2v) is 5.81. The molecule has 140 valence electrons. The van der Waals surface area contributed by atoms with E-state index in [2.05, 4.69) is 15.5 Å². The summed E-state index contributed by atoms with van der Waals surface area (Å²) in [5.41, 5.74) is -0.808. The SMILES string of the molecule is FC(F)(F)c1ccccc1NCc1noc(C2COc3ccccc3O2)n1. The zero-order chi connectivity index (χ0) is 18.9. The van der Waals surface area contributed by atoms with E-state index in [1.165, 1.54) is 18.2 Å². The minimum Gasteiger partial charge on any atom is -0.485 e. The molecule has 0 bridgehead atoms. The summed E-state index contributed by atoms with van der Waals surface area (Å²) in [4.78, 5) is 4.19. The summed E-state index contributed by atoms with van der Waals surface area (Å²) in [5.74, 6) is 1.60. The highest BCUT2D eigenvalue weighted by Gasteiger charge is 2.33. The Morgan fingerprint density at radius 3 is 2.59 bits per heavy atom. The molecule has 1 aliphatic heterocycles. The van der Waals surface area contributed by atoms with Gasteiger partial charge in [-0.2, -0.15) is 18.2 Å². The molecule has 1 aromatic heterocycles. The van der Waals surface area contributed by atoms with Crippen molar-refractivity contribution in [1.29, 1.82) is 0 Å². The van der Waals surface area contributed by atoms with Gasteiger partial charge in [0, 0.05) is 5.69 Å². The van der Waals surface area contributed by atoms with E-state index >= 15 is 0 Å². The Bertz CT molecular complexity index is 943. The van der Waals surface area contributed by atoms with Crippen molar-refractivity contribution in [3.8, 4) is 11.5 Å². The van der Waals surface area contributed by atoms with Crippen LogP contribution in [0.3, 0.4) is 0 Å². The molecule has 0 saturated carbocycles. The van der Waals surface area contributed by atoms with E-state index in [-0.39, 0.29) is 30.6 Å². The molecule has 9 heteroatoms. The first-order valence-electron chi connectivity index (χ1n) is 8.12. The lowest BCUT2D eigenvalue weighted by Crippen LogP contribution is -2.21. The summed E-state index contributed by atoms with van der Waals surface area (Å²) in [6.45, 7) is 0.170. The lowest BCUT2D eigenvalue weighted by Gasteiger charge is -2.23. The molecule has 0 saturated heterocycles. The Kier molecular flexibility index (Phi) is 4.35. The van der Waals surface area contributed by atoms with Gasteiger partial charge in [-0.25, -0.2) is 0 Å². The number of ether oxygens (including phenoxy) is 2. The van der Waals surface area contributed by atoms with Gasteiger partial charge >= 0.3 is 6.18 Å². The van der Waals surface area contributed by atoms with Gasteiger partial charge in [0.2, 0.25) is 6.10 Å². The Morgan fingerprint density at radius 2 is 1.78 bits per heavy atom. The minimum absolute atomic E-state index is 0.0270. The van der Waals surface area contributed by atoms with Gasteiger partial charge in [0.1, 0.15) is 6.61 Å². The lowest BCUT2D eigenvalue weighted by molar-refractivity contribution is -0.137. The number of alkyl halides is 3. The molecule has 2 heterocycles. The quantitative estimate of drug-likeness (QED) is 0.735. The number of rotatable bonds is 4. The monoisotopic (exact) mass is 377 g/mol. The van der Waals surface area contributed by atoms with E-state index in [0.717, 1.165) is 6.07 Å². The fourth-order valence-electron chi connectivity index (χ4n) is 2.67. The molecule has 2 aromatic carbocycles. The molecule has 1 aliphatic rings. The Hall–Kier alpha value is -3.23. The third-order valence-electron chi connectivity index (χ3n) is 3.94. The van der Waals surface area contributed by atoms with Crippen molar-refractivity contribution in [3.05, 3.63) is 65.8 Å². The molecular weight excluding hydrogens is 363 g/mol. The predicted octanol–water partition coefficient (Wildman–Crippen LogP) is 4.21. The molecule has 1 unspecified atom stereocenters. The van der Waals surface area contributed by atoms with Crippen LogP contribution < -0.4 is 14.8 Å². The van der Waals surface area contributed by atoms with Crippen molar-refractivity contribution in [2.45, 2.75) is 18.8 Å². The fraction of sp³-hybridized carbons (Fsp3) is 0.222. The standard InChI is InChI=1S/C18H14F3N3O3/c19-18(20,21)11-5-1-2-6-12(11)22-9-16-23-17(27-24-16)15-10-25-13-7-3-4-8-14(13)26-15/h1-8,15,22H,9-10H2. The first kappa shape index (κ1) is 17.2. The number of anilines is 1. The van der Waals surface area contributed by atoms with E-state index in [1.54, 1.807) is 12.1 Å². The zero-order valence-corrected chi connectivity index (χ0v) is 13.9. The molecule has 0 aliphatic carbocycles. The van der Waals surface area contributed by atoms with Crippen LogP contribution in [0.2, 0.25) is 0 Å². The summed E-state index contributed by atoms with van der Waals surface area (Å²) < 4.78 is 55.6. The first-order chi connectivity index (χ1) is 13.0. The molecule has 3 aromatic rings. The molecule has 4 rings (SSSR count). The Morgan fingerprint density at radius 1 is 1.04 bits per heavy atom. The van der Waals surface area contributed by atoms with Gasteiger partial charge in [-0.05, 0) is 24.3 Å². The van der Waals surface area contributed by atoms with Crippen molar-refractivity contribution < 1.29 is 27.2 Å². The second kappa shape index (κ2) is 6.82. The van der Waals surface area contributed by atoms with Crippen molar-refractivity contribution in [1.82, 2.24) is 10.1 Å². The number of nitrogens with one attached hydrogen (secondary N) is 1. The van der Waals surface area contributed by atoms with E-state index in [1.807, 2.05) is 12.1 Å². The number of hydrogen-bond donors (Lipinski definition) is 1. The highest BCUT2D eigenvalue weighted by Crippen LogP contribution is 2.36. The molecule has 6 nitrogen and oxygen atoms in total. The first-order valence-corrected chi connectivity index (χ1v) is 8.12. The average Bonchev–Trinajstić information content (AvgIpc) is 3.14. The molecule has 1 atom stereocenters. The molecule has 27 heavy (non-hydrogen) atoms. The Labute approximate surface area is 151 Å². The average molecular weight is 377 g/mol. The number of benzene rings is 2. The number of hydrogen-bond acceptors (Lipinski definition) is 6. The second-order valence-electron chi connectivity index (χ2n) is 5.81. The predicted molar refractivity (Wildman–Crippen MR) is 88.4 cm³/mol. The lowest BCUT2D eigenvalue weighted by atomic mass is 10.1. The van der Waals surface area contributed by atoms with Gasteiger partial charge in [-0.3, -0.25) is 0 Å². The maximum atomic E-state index is 13.0. The molecule has 0 spiro atoms. The topological polar surface area (TPSA) is 69.4 Å². The van der Waals surface area contributed by atoms with E-state index in [4.69, 9.17) is 14.0 Å².